The molecule has 0 aliphatic heterocycles. The van der Waals surface area contributed by atoms with E-state index >= 15 is 0 Å². The van der Waals surface area contributed by atoms with Crippen LogP contribution in [0.4, 0.5) is 0 Å². The van der Waals surface area contributed by atoms with Gasteiger partial charge in [-0.05, 0) is 103 Å². The predicted molar refractivity (Wildman–Crippen MR) is 128 cm³/mol. The van der Waals surface area contributed by atoms with Crippen LogP contribution in [-0.4, -0.2) is 28.2 Å². The Hall–Kier alpha value is -0.410. The second-order valence-electron chi connectivity index (χ2n) is 13.7. The summed E-state index contributed by atoms with van der Waals surface area (Å²) in [6.45, 7) is 13.6. The van der Waals surface area contributed by atoms with Crippen LogP contribution in [0.5, 0.6) is 0 Å². The largest absolute Gasteiger partial charge is 0.390 e. The molecule has 0 amide bonds. The molecule has 5 rings (SSSR count). The molecule has 0 unspecified atom stereocenters. The van der Waals surface area contributed by atoms with Crippen LogP contribution in [0.1, 0.15) is 99.3 Å². The summed E-state index contributed by atoms with van der Waals surface area (Å²) in [7, 11) is 0. The van der Waals surface area contributed by atoms with Gasteiger partial charge in [0.05, 0.1) is 12.2 Å². The van der Waals surface area contributed by atoms with E-state index in [-0.39, 0.29) is 28.1 Å². The van der Waals surface area contributed by atoms with Gasteiger partial charge in [0.2, 0.25) is 0 Å². The molecule has 0 radical (unpaired) electrons. The molecule has 3 heteroatoms. The van der Waals surface area contributed by atoms with Gasteiger partial charge in [0.1, 0.15) is 5.78 Å². The number of carbonyl (C=O) groups excluding carboxylic acids is 1. The molecule has 12 atom stereocenters. The molecule has 0 aromatic carbocycles. The van der Waals surface area contributed by atoms with Gasteiger partial charge in [-0.3, -0.25) is 4.79 Å². The first-order chi connectivity index (χ1) is 15.0. The highest BCUT2D eigenvalue weighted by molar-refractivity contribution is 5.91. The number of hydrogen-bond acceptors (Lipinski definition) is 3. The summed E-state index contributed by atoms with van der Waals surface area (Å²) in [5, 5.41) is 22.3. The summed E-state index contributed by atoms with van der Waals surface area (Å²) in [6, 6.07) is 0. The van der Waals surface area contributed by atoms with Gasteiger partial charge in [0.25, 0.3) is 0 Å². The molecule has 0 aromatic heterocycles. The van der Waals surface area contributed by atoms with Gasteiger partial charge >= 0.3 is 0 Å². The van der Waals surface area contributed by atoms with Crippen LogP contribution < -0.4 is 0 Å². The lowest BCUT2D eigenvalue weighted by molar-refractivity contribution is -0.153. The molecule has 1 spiro atoms. The fourth-order valence-corrected chi connectivity index (χ4v) is 10.8. The van der Waals surface area contributed by atoms with E-state index < -0.39 is 12.2 Å². The highest BCUT2D eigenvalue weighted by Crippen LogP contribution is 2.80. The maximum Gasteiger partial charge on any atom is 0.140 e. The minimum Gasteiger partial charge on any atom is -0.390 e. The first-order valence-corrected chi connectivity index (χ1v) is 13.9. The lowest BCUT2D eigenvalue weighted by Gasteiger charge is -2.58. The van der Waals surface area contributed by atoms with Crippen LogP contribution in [0.15, 0.2) is 0 Å². The van der Waals surface area contributed by atoms with Crippen LogP contribution in [0.3, 0.4) is 0 Å². The molecule has 5 saturated carbocycles. The number of aliphatic hydroxyl groups excluding tert-OH is 2. The Morgan fingerprint density at radius 1 is 0.969 bits per heavy atom. The summed E-state index contributed by atoms with van der Waals surface area (Å²) in [5.41, 5.74) is 0.521. The number of carbonyl (C=O) groups is 1. The van der Waals surface area contributed by atoms with Crippen molar-refractivity contribution in [1.29, 1.82) is 0 Å². The Kier molecular flexibility index (Phi) is 5.50. The van der Waals surface area contributed by atoms with Gasteiger partial charge in [-0.1, -0.05) is 48.0 Å². The fourth-order valence-electron chi connectivity index (χ4n) is 10.8. The van der Waals surface area contributed by atoms with Crippen LogP contribution in [-0.2, 0) is 4.79 Å². The SMILES string of the molecule is CC[C@H](C(C)C)[C@@H](O)[C@H](O)[C@@H](C)[C@H]1CC[C@H]2[C@@H]3CC(=O)[C@]45C[C@@H]4CC[C@]5(C)[C@H]3CC[C@]12C. The third kappa shape index (κ3) is 2.82. The molecule has 0 heterocycles. The normalized spacial score (nSPS) is 50.8. The van der Waals surface area contributed by atoms with E-state index in [1.54, 1.807) is 0 Å². The number of fused-ring (bicyclic) bond motifs is 4. The molecule has 0 saturated heterocycles. The summed E-state index contributed by atoms with van der Waals surface area (Å²) in [4.78, 5) is 13.5. The van der Waals surface area contributed by atoms with Gasteiger partial charge in [-0.2, -0.15) is 0 Å². The molecule has 5 fully saturated rings. The number of ketones is 1. The Balaban J connectivity index is 1.36. The summed E-state index contributed by atoms with van der Waals surface area (Å²) >= 11 is 0. The fraction of sp³-hybridized carbons (Fsp3) is 0.966. The van der Waals surface area contributed by atoms with Crippen molar-refractivity contribution in [2.45, 2.75) is 112 Å². The van der Waals surface area contributed by atoms with Crippen LogP contribution >= 0.6 is 0 Å². The summed E-state index contributed by atoms with van der Waals surface area (Å²) in [6.07, 6.45) is 9.02. The van der Waals surface area contributed by atoms with E-state index in [0.717, 1.165) is 25.2 Å². The second-order valence-corrected chi connectivity index (χ2v) is 13.7. The Morgan fingerprint density at radius 3 is 2.31 bits per heavy atom. The lowest BCUT2D eigenvalue weighted by atomic mass is 9.45. The summed E-state index contributed by atoms with van der Waals surface area (Å²) in [5.74, 6) is 4.27. The van der Waals surface area contributed by atoms with Crippen molar-refractivity contribution in [2.75, 3.05) is 0 Å². The molecular formula is C29H48O3. The van der Waals surface area contributed by atoms with Crippen molar-refractivity contribution < 1.29 is 15.0 Å². The van der Waals surface area contributed by atoms with Gasteiger partial charge in [-0.15, -0.1) is 0 Å². The minimum atomic E-state index is -0.656. The molecule has 32 heavy (non-hydrogen) atoms. The zero-order valence-corrected chi connectivity index (χ0v) is 21.4. The van der Waals surface area contributed by atoms with Gasteiger partial charge in [0, 0.05) is 11.8 Å². The number of Topliss-reactive ketones (excluding diaryl/α,β-unsaturated/α-hetero) is 1. The van der Waals surface area contributed by atoms with E-state index in [0.29, 0.717) is 35.4 Å². The maximum atomic E-state index is 13.5. The quantitative estimate of drug-likeness (QED) is 0.539. The van der Waals surface area contributed by atoms with Crippen molar-refractivity contribution in [3.63, 3.8) is 0 Å². The number of rotatable bonds is 6. The zero-order chi connectivity index (χ0) is 23.2. The van der Waals surface area contributed by atoms with E-state index in [1.807, 2.05) is 0 Å². The van der Waals surface area contributed by atoms with Crippen molar-refractivity contribution in [2.24, 2.45) is 63.6 Å². The van der Waals surface area contributed by atoms with Crippen molar-refractivity contribution in [3.8, 4) is 0 Å². The zero-order valence-electron chi connectivity index (χ0n) is 21.4. The first kappa shape index (κ1) is 23.3. The monoisotopic (exact) mass is 444 g/mol. The summed E-state index contributed by atoms with van der Waals surface area (Å²) < 4.78 is 0. The third-order valence-electron chi connectivity index (χ3n) is 12.7. The molecule has 5 aliphatic rings. The average molecular weight is 445 g/mol. The molecule has 0 aromatic rings. The Labute approximate surface area is 196 Å². The number of hydrogen-bond donors (Lipinski definition) is 2. The van der Waals surface area contributed by atoms with Gasteiger partial charge < -0.3 is 10.2 Å². The lowest BCUT2D eigenvalue weighted by Crippen LogP contribution is -2.55. The van der Waals surface area contributed by atoms with E-state index in [9.17, 15) is 15.0 Å². The number of aliphatic hydroxyl groups is 2. The molecule has 5 aliphatic carbocycles. The van der Waals surface area contributed by atoms with Crippen molar-refractivity contribution >= 4 is 5.78 Å². The minimum absolute atomic E-state index is 0.0690. The average Bonchev–Trinajstić information content (AvgIpc) is 3.27. The first-order valence-electron chi connectivity index (χ1n) is 13.9. The van der Waals surface area contributed by atoms with E-state index in [1.165, 1.54) is 38.5 Å². The smallest absolute Gasteiger partial charge is 0.140 e. The predicted octanol–water partition coefficient (Wildman–Crippen LogP) is 5.86. The van der Waals surface area contributed by atoms with Crippen molar-refractivity contribution in [1.82, 2.24) is 0 Å². The second kappa shape index (κ2) is 7.54. The highest BCUT2D eigenvalue weighted by Gasteiger charge is 2.77. The van der Waals surface area contributed by atoms with E-state index in [2.05, 4.69) is 41.5 Å². The highest BCUT2D eigenvalue weighted by atomic mass is 16.3. The standard InChI is InChI=1S/C29H48O3/c1-7-19(16(2)3)26(32)25(31)17(4)21-8-9-22-20-14-24(30)29-15-18(29)10-13-28(29,6)23(20)11-12-27(21,22)5/h16-23,25-26,31-32H,7-15H2,1-6H3/t17-,18-,19+,20-,21+,22-,23-,25+,26+,27+,28+,29-/m0/s1. The molecule has 182 valence electrons. The molecule has 0 bridgehead atoms. The topological polar surface area (TPSA) is 57.5 Å². The van der Waals surface area contributed by atoms with Gasteiger partial charge in [-0.25, -0.2) is 0 Å². The van der Waals surface area contributed by atoms with Crippen LogP contribution in [0.2, 0.25) is 0 Å². The van der Waals surface area contributed by atoms with Crippen LogP contribution in [0.25, 0.3) is 0 Å². The van der Waals surface area contributed by atoms with Crippen LogP contribution in [0, 0.1) is 63.6 Å². The van der Waals surface area contributed by atoms with Gasteiger partial charge in [0.15, 0.2) is 0 Å². The Morgan fingerprint density at radius 2 is 1.69 bits per heavy atom. The van der Waals surface area contributed by atoms with Crippen molar-refractivity contribution in [3.05, 3.63) is 0 Å². The molecular weight excluding hydrogens is 396 g/mol. The van der Waals surface area contributed by atoms with E-state index in [4.69, 9.17) is 0 Å². The maximum absolute atomic E-state index is 13.5. The molecule has 2 N–H and O–H groups in total. The third-order valence-corrected chi connectivity index (χ3v) is 12.7. The molecule has 3 nitrogen and oxygen atoms in total. The Bertz CT molecular complexity index is 762.